The summed E-state index contributed by atoms with van der Waals surface area (Å²) in [4.78, 5) is 21.6. The van der Waals surface area contributed by atoms with Crippen LogP contribution in [0.5, 0.6) is 0 Å². The van der Waals surface area contributed by atoms with E-state index < -0.39 is 5.97 Å². The van der Waals surface area contributed by atoms with Gasteiger partial charge in [-0.25, -0.2) is 0 Å². The van der Waals surface area contributed by atoms with E-state index in [4.69, 9.17) is 0 Å². The van der Waals surface area contributed by atoms with Crippen LogP contribution in [0, 0.1) is 5.92 Å². The van der Waals surface area contributed by atoms with Gasteiger partial charge in [0.2, 0.25) is 0 Å². The zero-order valence-electron chi connectivity index (χ0n) is 19.5. The van der Waals surface area contributed by atoms with Crippen LogP contribution in [0.4, 0.5) is 0 Å². The second-order valence-electron chi connectivity index (χ2n) is 8.93. The topological polar surface area (TPSA) is 54.4 Å². The smallest absolute Gasteiger partial charge is 0.306 e. The number of carbonyl (C=O) groups is 2. The van der Waals surface area contributed by atoms with Gasteiger partial charge in [0.05, 0.1) is 5.92 Å². The average molecular weight is 411 g/mol. The minimum absolute atomic E-state index is 0.108. The number of carboxylic acid groups (broad SMARTS) is 1. The van der Waals surface area contributed by atoms with Crippen molar-refractivity contribution in [3.05, 3.63) is 0 Å². The van der Waals surface area contributed by atoms with Crippen molar-refractivity contribution in [2.75, 3.05) is 0 Å². The number of aliphatic carboxylic acids is 1. The highest BCUT2D eigenvalue weighted by molar-refractivity contribution is 5.69. The number of carbonyl (C=O) groups excluding carboxylic acids is 1. The number of rotatable bonds is 24. The highest BCUT2D eigenvalue weighted by atomic mass is 16.4. The fraction of sp³-hybridized carbons (Fsp3) is 0.923. The maximum atomic E-state index is 11.4. The van der Waals surface area contributed by atoms with Crippen molar-refractivity contribution in [2.24, 2.45) is 5.92 Å². The maximum Gasteiger partial charge on any atom is 0.306 e. The molecular weight excluding hydrogens is 360 g/mol. The molecule has 29 heavy (non-hydrogen) atoms. The third kappa shape index (κ3) is 21.7. The molecule has 1 atom stereocenters. The van der Waals surface area contributed by atoms with Crippen molar-refractivity contribution in [3.8, 4) is 0 Å². The summed E-state index contributed by atoms with van der Waals surface area (Å²) < 4.78 is 0. The minimum Gasteiger partial charge on any atom is -0.481 e. The molecule has 0 aliphatic heterocycles. The molecule has 0 amide bonds. The van der Waals surface area contributed by atoms with Gasteiger partial charge in [0.25, 0.3) is 0 Å². The maximum absolute atomic E-state index is 11.4. The lowest BCUT2D eigenvalue weighted by molar-refractivity contribution is -0.142. The molecule has 0 aromatic rings. The fourth-order valence-corrected chi connectivity index (χ4v) is 4.13. The predicted octanol–water partition coefficient (Wildman–Crippen LogP) is 8.49. The normalized spacial score (nSPS) is 12.2. The molecule has 0 spiro atoms. The summed E-state index contributed by atoms with van der Waals surface area (Å²) in [5.41, 5.74) is 0. The molecule has 0 heterocycles. The van der Waals surface area contributed by atoms with Crippen molar-refractivity contribution in [1.29, 1.82) is 0 Å². The summed E-state index contributed by atoms with van der Waals surface area (Å²) in [6.07, 6.45) is 27.6. The van der Waals surface area contributed by atoms with Gasteiger partial charge >= 0.3 is 5.97 Å². The molecule has 0 fully saturated rings. The minimum atomic E-state index is -0.584. The first-order valence-electron chi connectivity index (χ1n) is 12.9. The van der Waals surface area contributed by atoms with Gasteiger partial charge in [-0.2, -0.15) is 0 Å². The molecule has 0 rings (SSSR count). The molecule has 0 radical (unpaired) electrons. The van der Waals surface area contributed by atoms with Gasteiger partial charge in [-0.1, -0.05) is 122 Å². The Morgan fingerprint density at radius 3 is 1.31 bits per heavy atom. The van der Waals surface area contributed by atoms with E-state index in [1.807, 2.05) is 0 Å². The molecule has 0 bridgehead atoms. The first kappa shape index (κ1) is 28.1. The number of hydrogen-bond acceptors (Lipinski definition) is 2. The molecule has 0 aliphatic carbocycles. The fourth-order valence-electron chi connectivity index (χ4n) is 4.13. The molecule has 1 unspecified atom stereocenters. The molecule has 3 nitrogen and oxygen atoms in total. The van der Waals surface area contributed by atoms with Gasteiger partial charge < -0.3 is 9.90 Å². The van der Waals surface area contributed by atoms with Gasteiger partial charge in [0, 0.05) is 6.42 Å². The Hall–Kier alpha value is -0.860. The molecule has 1 N–H and O–H groups in total. The number of aldehydes is 1. The van der Waals surface area contributed by atoms with E-state index in [1.165, 1.54) is 103 Å². The van der Waals surface area contributed by atoms with Crippen molar-refractivity contribution in [1.82, 2.24) is 0 Å². The first-order valence-corrected chi connectivity index (χ1v) is 12.9. The molecular formula is C26H50O3. The number of carboxylic acids is 1. The highest BCUT2D eigenvalue weighted by Gasteiger charge is 2.16. The van der Waals surface area contributed by atoms with Crippen molar-refractivity contribution in [3.63, 3.8) is 0 Å². The number of unbranched alkanes of at least 4 members (excludes halogenated alkanes) is 18. The lowest BCUT2D eigenvalue weighted by Gasteiger charge is -2.12. The second kappa shape index (κ2) is 23.4. The van der Waals surface area contributed by atoms with Crippen LogP contribution in [0.3, 0.4) is 0 Å². The van der Waals surface area contributed by atoms with Crippen LogP contribution in [0.2, 0.25) is 0 Å². The average Bonchev–Trinajstić information content (AvgIpc) is 2.71. The largest absolute Gasteiger partial charge is 0.481 e. The van der Waals surface area contributed by atoms with Crippen LogP contribution in [0.1, 0.15) is 148 Å². The van der Waals surface area contributed by atoms with Gasteiger partial charge in [-0.05, 0) is 19.3 Å². The predicted molar refractivity (Wildman–Crippen MR) is 124 cm³/mol. The summed E-state index contributed by atoms with van der Waals surface area (Å²) in [7, 11) is 0. The molecule has 0 saturated carbocycles. The Kier molecular flexibility index (Phi) is 22.7. The van der Waals surface area contributed by atoms with Crippen molar-refractivity contribution in [2.45, 2.75) is 148 Å². The summed E-state index contributed by atoms with van der Waals surface area (Å²) in [5, 5.41) is 9.35. The van der Waals surface area contributed by atoms with Crippen LogP contribution >= 0.6 is 0 Å². The Morgan fingerprint density at radius 2 is 0.966 bits per heavy atom. The van der Waals surface area contributed by atoms with E-state index in [9.17, 15) is 14.7 Å². The molecule has 3 heteroatoms. The lowest BCUT2D eigenvalue weighted by Crippen LogP contribution is -2.13. The van der Waals surface area contributed by atoms with Crippen LogP contribution in [0.15, 0.2) is 0 Å². The lowest BCUT2D eigenvalue weighted by atomic mass is 9.94. The summed E-state index contributed by atoms with van der Waals surface area (Å²) in [6, 6.07) is 0. The van der Waals surface area contributed by atoms with Crippen LogP contribution in [-0.4, -0.2) is 17.4 Å². The molecule has 0 aliphatic rings. The molecule has 0 aromatic heterocycles. The highest BCUT2D eigenvalue weighted by Crippen LogP contribution is 2.19. The van der Waals surface area contributed by atoms with E-state index in [0.717, 1.165) is 44.8 Å². The number of hydrogen-bond donors (Lipinski definition) is 1. The summed E-state index contributed by atoms with van der Waals surface area (Å²) in [6.45, 7) is 2.19. The van der Waals surface area contributed by atoms with Gasteiger partial charge in [-0.3, -0.25) is 4.79 Å². The van der Waals surface area contributed by atoms with Gasteiger partial charge in [0.15, 0.2) is 0 Å². The van der Waals surface area contributed by atoms with Crippen molar-refractivity contribution < 1.29 is 14.7 Å². The standard InChI is InChI=1S/C26H50O3/c1-2-3-4-19-22-25(26(28)29)23-20-17-15-13-11-9-7-5-6-8-10-12-14-16-18-21-24-27/h24-25H,2-23H2,1H3,(H,28,29). The van der Waals surface area contributed by atoms with E-state index in [0.29, 0.717) is 0 Å². The van der Waals surface area contributed by atoms with E-state index >= 15 is 0 Å². The van der Waals surface area contributed by atoms with Gasteiger partial charge in [0.1, 0.15) is 6.29 Å². The second-order valence-corrected chi connectivity index (χ2v) is 8.93. The van der Waals surface area contributed by atoms with Gasteiger partial charge in [-0.15, -0.1) is 0 Å². The Bertz CT molecular complexity index is 354. The Balaban J connectivity index is 3.29. The zero-order chi connectivity index (χ0) is 21.4. The third-order valence-corrected chi connectivity index (χ3v) is 6.13. The molecule has 172 valence electrons. The van der Waals surface area contributed by atoms with E-state index in [2.05, 4.69) is 6.92 Å². The monoisotopic (exact) mass is 410 g/mol. The van der Waals surface area contributed by atoms with E-state index in [1.54, 1.807) is 0 Å². The Labute approximate surface area is 181 Å². The van der Waals surface area contributed by atoms with Crippen molar-refractivity contribution >= 4 is 12.3 Å². The van der Waals surface area contributed by atoms with Crippen LogP contribution in [-0.2, 0) is 9.59 Å². The molecule has 0 saturated heterocycles. The Morgan fingerprint density at radius 1 is 0.621 bits per heavy atom. The first-order chi connectivity index (χ1) is 14.2. The summed E-state index contributed by atoms with van der Waals surface area (Å²) >= 11 is 0. The zero-order valence-corrected chi connectivity index (χ0v) is 19.5. The van der Waals surface area contributed by atoms with Crippen LogP contribution < -0.4 is 0 Å². The molecule has 0 aromatic carbocycles. The summed E-state index contributed by atoms with van der Waals surface area (Å²) in [5.74, 6) is -0.692. The SMILES string of the molecule is CCCCCCC(CCCCCCCCCCCCCCCCCC=O)C(=O)O. The third-order valence-electron chi connectivity index (χ3n) is 6.13. The van der Waals surface area contributed by atoms with Crippen LogP contribution in [0.25, 0.3) is 0 Å². The quantitative estimate of drug-likeness (QED) is 0.128. The van der Waals surface area contributed by atoms with E-state index in [-0.39, 0.29) is 5.92 Å².